The Morgan fingerprint density at radius 2 is 1.64 bits per heavy atom. The number of hydrogen-bond donors (Lipinski definition) is 0. The second-order valence-electron chi connectivity index (χ2n) is 8.23. The van der Waals surface area contributed by atoms with E-state index in [1.54, 1.807) is 7.11 Å². The Morgan fingerprint density at radius 3 is 2.31 bits per heavy atom. The van der Waals surface area contributed by atoms with Crippen LogP contribution in [0.2, 0.25) is 0 Å². The fraction of sp³-hybridized carbons (Fsp3) is 0.214. The summed E-state index contributed by atoms with van der Waals surface area (Å²) in [4.78, 5) is 37.4. The van der Waals surface area contributed by atoms with E-state index in [2.05, 4.69) is 5.10 Å². The lowest BCUT2D eigenvalue weighted by Crippen LogP contribution is -2.31. The van der Waals surface area contributed by atoms with Crippen LogP contribution in [0.1, 0.15) is 46.8 Å². The van der Waals surface area contributed by atoms with Gasteiger partial charge in [0.1, 0.15) is 11.6 Å². The Balaban J connectivity index is 1.40. The van der Waals surface area contributed by atoms with Crippen molar-refractivity contribution < 1.29 is 28.2 Å². The lowest BCUT2D eigenvalue weighted by molar-refractivity contribution is -0.152. The van der Waals surface area contributed by atoms with E-state index in [-0.39, 0.29) is 24.7 Å². The summed E-state index contributed by atoms with van der Waals surface area (Å²) in [5.41, 5.74) is 2.83. The number of ether oxygens (including phenoxy) is 2. The maximum Gasteiger partial charge on any atom is 0.306 e. The molecule has 0 N–H and O–H groups in total. The lowest BCUT2D eigenvalue weighted by atomic mass is 9.98. The van der Waals surface area contributed by atoms with E-state index in [1.165, 1.54) is 29.3 Å². The van der Waals surface area contributed by atoms with Crippen LogP contribution in [0, 0.1) is 5.82 Å². The monoisotopic (exact) mass is 488 g/mol. The average Bonchev–Trinajstić information content (AvgIpc) is 3.37. The highest BCUT2D eigenvalue weighted by Gasteiger charge is 2.33. The predicted octanol–water partition coefficient (Wildman–Crippen LogP) is 4.72. The SMILES string of the molecule is COc1ccc(C2CC(c3ccccc3)=NN2C(=O)COC(=O)CCC(=O)c2ccc(F)cc2)cc1. The molecule has 1 atom stereocenters. The maximum atomic E-state index is 13.0. The molecule has 184 valence electrons. The largest absolute Gasteiger partial charge is 0.497 e. The molecule has 0 aliphatic carbocycles. The summed E-state index contributed by atoms with van der Waals surface area (Å²) in [5, 5.41) is 5.90. The maximum absolute atomic E-state index is 13.0. The molecule has 0 aromatic heterocycles. The normalized spacial score (nSPS) is 14.8. The van der Waals surface area contributed by atoms with Crippen LogP contribution in [-0.4, -0.2) is 42.1 Å². The number of halogens is 1. The van der Waals surface area contributed by atoms with E-state index in [0.29, 0.717) is 17.7 Å². The van der Waals surface area contributed by atoms with Gasteiger partial charge in [-0.1, -0.05) is 42.5 Å². The molecule has 0 spiro atoms. The van der Waals surface area contributed by atoms with E-state index < -0.39 is 24.3 Å². The molecule has 0 bridgehead atoms. The van der Waals surface area contributed by atoms with Gasteiger partial charge >= 0.3 is 5.97 Å². The molecule has 36 heavy (non-hydrogen) atoms. The van der Waals surface area contributed by atoms with Crippen LogP contribution in [0.25, 0.3) is 0 Å². The molecule has 1 aliphatic heterocycles. The first-order chi connectivity index (χ1) is 17.4. The number of hydrogen-bond acceptors (Lipinski definition) is 6. The van der Waals surface area contributed by atoms with Crippen molar-refractivity contribution in [1.29, 1.82) is 0 Å². The third-order valence-corrected chi connectivity index (χ3v) is 5.85. The first kappa shape index (κ1) is 24.8. The highest BCUT2D eigenvalue weighted by Crippen LogP contribution is 2.33. The Morgan fingerprint density at radius 1 is 0.944 bits per heavy atom. The number of hydrazone groups is 1. The third kappa shape index (κ3) is 6.02. The Hall–Kier alpha value is -4.33. The smallest absolute Gasteiger partial charge is 0.306 e. The van der Waals surface area contributed by atoms with E-state index in [4.69, 9.17) is 9.47 Å². The number of carbonyl (C=O) groups is 3. The van der Waals surface area contributed by atoms with Gasteiger partial charge in [-0.2, -0.15) is 5.10 Å². The van der Waals surface area contributed by atoms with Crippen LogP contribution in [0.3, 0.4) is 0 Å². The van der Waals surface area contributed by atoms with Gasteiger partial charge in [-0.05, 0) is 47.5 Å². The predicted molar refractivity (Wildman–Crippen MR) is 131 cm³/mol. The summed E-state index contributed by atoms with van der Waals surface area (Å²) in [5.74, 6) is -1.21. The topological polar surface area (TPSA) is 85.3 Å². The van der Waals surface area contributed by atoms with E-state index in [1.807, 2.05) is 54.6 Å². The minimum atomic E-state index is -0.675. The molecule has 3 aromatic rings. The summed E-state index contributed by atoms with van der Waals surface area (Å²) >= 11 is 0. The van der Waals surface area contributed by atoms with Crippen LogP contribution in [0.15, 0.2) is 84.0 Å². The molecule has 1 amide bonds. The van der Waals surface area contributed by atoms with Crippen molar-refractivity contribution >= 4 is 23.4 Å². The standard InChI is InChI=1S/C28H25FN2O5/c1-35-23-13-9-20(10-14-23)25-17-24(19-5-3-2-4-6-19)30-31(25)27(33)18-36-28(34)16-15-26(32)21-7-11-22(29)12-8-21/h2-14,25H,15-18H2,1H3. The van der Waals surface area contributed by atoms with Crippen LogP contribution in [-0.2, 0) is 14.3 Å². The van der Waals surface area contributed by atoms with Gasteiger partial charge in [0.2, 0.25) is 0 Å². The first-order valence-corrected chi connectivity index (χ1v) is 11.5. The van der Waals surface area contributed by atoms with Crippen LogP contribution in [0.5, 0.6) is 5.75 Å². The number of amides is 1. The molecule has 8 heteroatoms. The number of Topliss-reactive ketones (excluding diaryl/α,β-unsaturated/α-hetero) is 1. The summed E-state index contributed by atoms with van der Waals surface area (Å²) < 4.78 is 23.4. The molecule has 0 radical (unpaired) electrons. The molecule has 1 heterocycles. The summed E-state index contributed by atoms with van der Waals surface area (Å²) in [6.45, 7) is -0.498. The van der Waals surface area contributed by atoms with Crippen LogP contribution >= 0.6 is 0 Å². The highest BCUT2D eigenvalue weighted by molar-refractivity contribution is 6.03. The Labute approximate surface area is 208 Å². The van der Waals surface area contributed by atoms with Crippen LogP contribution in [0.4, 0.5) is 4.39 Å². The van der Waals surface area contributed by atoms with Gasteiger partial charge < -0.3 is 9.47 Å². The Kier molecular flexibility index (Phi) is 7.85. The fourth-order valence-corrected chi connectivity index (χ4v) is 3.91. The molecule has 0 saturated carbocycles. The molecule has 3 aromatic carbocycles. The van der Waals surface area contributed by atoms with Crippen molar-refractivity contribution in [2.75, 3.05) is 13.7 Å². The van der Waals surface area contributed by atoms with E-state index in [0.717, 1.165) is 16.8 Å². The second kappa shape index (κ2) is 11.4. The van der Waals surface area contributed by atoms with E-state index in [9.17, 15) is 18.8 Å². The van der Waals surface area contributed by atoms with Gasteiger partial charge in [0.25, 0.3) is 5.91 Å². The molecular weight excluding hydrogens is 463 g/mol. The van der Waals surface area contributed by atoms with Gasteiger partial charge in [0.05, 0.1) is 25.3 Å². The Bertz CT molecular complexity index is 1260. The summed E-state index contributed by atoms with van der Waals surface area (Å²) in [6.07, 6.45) is 0.208. The fourth-order valence-electron chi connectivity index (χ4n) is 3.91. The van der Waals surface area contributed by atoms with Crippen molar-refractivity contribution in [2.24, 2.45) is 5.10 Å². The van der Waals surface area contributed by atoms with Gasteiger partial charge in [0, 0.05) is 18.4 Å². The molecule has 0 fully saturated rings. The minimum absolute atomic E-state index is 0.104. The van der Waals surface area contributed by atoms with Crippen LogP contribution < -0.4 is 4.74 Å². The third-order valence-electron chi connectivity index (χ3n) is 5.85. The van der Waals surface area contributed by atoms with Crippen molar-refractivity contribution in [3.63, 3.8) is 0 Å². The number of esters is 1. The van der Waals surface area contributed by atoms with Gasteiger partial charge in [0.15, 0.2) is 12.4 Å². The molecule has 0 saturated heterocycles. The quantitative estimate of drug-likeness (QED) is 0.322. The molecule has 7 nitrogen and oxygen atoms in total. The van der Waals surface area contributed by atoms with Crippen molar-refractivity contribution in [3.8, 4) is 5.75 Å². The first-order valence-electron chi connectivity index (χ1n) is 11.5. The zero-order chi connectivity index (χ0) is 25.5. The number of rotatable bonds is 9. The van der Waals surface area contributed by atoms with Crippen molar-refractivity contribution in [2.45, 2.75) is 25.3 Å². The summed E-state index contributed by atoms with van der Waals surface area (Å²) in [6, 6.07) is 21.7. The zero-order valence-electron chi connectivity index (χ0n) is 19.7. The number of nitrogens with zero attached hydrogens (tertiary/aromatic N) is 2. The molecular formula is C28H25FN2O5. The molecule has 4 rings (SSSR count). The summed E-state index contributed by atoms with van der Waals surface area (Å²) in [7, 11) is 1.58. The minimum Gasteiger partial charge on any atom is -0.497 e. The molecule has 1 unspecified atom stereocenters. The van der Waals surface area contributed by atoms with Gasteiger partial charge in [-0.3, -0.25) is 14.4 Å². The number of methoxy groups -OCH3 is 1. The molecule has 1 aliphatic rings. The van der Waals surface area contributed by atoms with Crippen molar-refractivity contribution in [1.82, 2.24) is 5.01 Å². The lowest BCUT2D eigenvalue weighted by Gasteiger charge is -2.22. The number of carbonyl (C=O) groups excluding carboxylic acids is 3. The number of ketones is 1. The van der Waals surface area contributed by atoms with Gasteiger partial charge in [-0.15, -0.1) is 0 Å². The van der Waals surface area contributed by atoms with Crippen molar-refractivity contribution in [3.05, 3.63) is 101 Å². The van der Waals surface area contributed by atoms with Gasteiger partial charge in [-0.25, -0.2) is 9.40 Å². The average molecular weight is 489 g/mol. The zero-order valence-corrected chi connectivity index (χ0v) is 19.7. The van der Waals surface area contributed by atoms with E-state index >= 15 is 0 Å². The highest BCUT2D eigenvalue weighted by atomic mass is 19.1. The number of benzene rings is 3. The second-order valence-corrected chi connectivity index (χ2v) is 8.23.